The van der Waals surface area contributed by atoms with Crippen LogP contribution in [0.15, 0.2) is 18.2 Å². The summed E-state index contributed by atoms with van der Waals surface area (Å²) < 4.78 is 5.66. The Morgan fingerprint density at radius 1 is 1.38 bits per heavy atom. The van der Waals surface area contributed by atoms with Crippen LogP contribution in [0.1, 0.15) is 30.3 Å². The predicted molar refractivity (Wildman–Crippen MR) is 88.8 cm³/mol. The molecule has 1 aromatic heterocycles. The minimum absolute atomic E-state index is 0.0178. The Morgan fingerprint density at radius 2 is 2.12 bits per heavy atom. The van der Waals surface area contributed by atoms with E-state index in [-0.39, 0.29) is 16.2 Å². The molecule has 24 heavy (non-hydrogen) atoms. The third-order valence-corrected chi connectivity index (χ3v) is 3.58. The molecule has 2 rings (SSSR count). The first kappa shape index (κ1) is 17.8. The van der Waals surface area contributed by atoms with E-state index in [1.807, 2.05) is 6.92 Å². The molecular weight excluding hydrogens is 336 g/mol. The zero-order valence-corrected chi connectivity index (χ0v) is 13.8. The molecule has 1 amide bonds. The number of fused-ring (bicyclic) bond motifs is 1. The highest BCUT2D eigenvalue weighted by Gasteiger charge is 2.21. The summed E-state index contributed by atoms with van der Waals surface area (Å²) in [6, 6.07) is 5.02. The van der Waals surface area contributed by atoms with E-state index in [4.69, 9.17) is 21.4 Å². The normalized spacial score (nSPS) is 10.6. The summed E-state index contributed by atoms with van der Waals surface area (Å²) in [5.74, 6) is -2.06. The van der Waals surface area contributed by atoms with Crippen LogP contribution in [0, 0.1) is 0 Å². The van der Waals surface area contributed by atoms with Gasteiger partial charge in [0.05, 0.1) is 12.0 Å². The molecule has 0 spiro atoms. The largest absolute Gasteiger partial charge is 0.505 e. The summed E-state index contributed by atoms with van der Waals surface area (Å²) in [7, 11) is 0. The number of carbonyl (C=O) groups excluding carboxylic acids is 1. The van der Waals surface area contributed by atoms with E-state index in [1.54, 1.807) is 18.2 Å². The van der Waals surface area contributed by atoms with E-state index in [0.717, 1.165) is 12.8 Å². The first-order chi connectivity index (χ1) is 11.5. The van der Waals surface area contributed by atoms with Crippen molar-refractivity contribution >= 4 is 34.2 Å². The average Bonchev–Trinajstić information content (AvgIpc) is 2.56. The second-order valence-electron chi connectivity index (χ2n) is 5.06. The molecule has 7 nitrogen and oxygen atoms in total. The number of hydrogen-bond acceptors (Lipinski definition) is 5. The number of carboxylic acids is 1. The van der Waals surface area contributed by atoms with Gasteiger partial charge in [-0.05, 0) is 12.5 Å². The molecule has 3 N–H and O–H groups in total. The van der Waals surface area contributed by atoms with Crippen LogP contribution < -0.4 is 10.1 Å². The highest BCUT2D eigenvalue weighted by molar-refractivity contribution is 6.35. The number of amides is 1. The Hall–Kier alpha value is -2.54. The van der Waals surface area contributed by atoms with Gasteiger partial charge in [-0.3, -0.25) is 9.59 Å². The fourth-order valence-electron chi connectivity index (χ4n) is 2.12. The van der Waals surface area contributed by atoms with Crippen molar-refractivity contribution in [2.24, 2.45) is 0 Å². The Labute approximate surface area is 143 Å². The van der Waals surface area contributed by atoms with Crippen LogP contribution in [0.2, 0.25) is 5.15 Å². The van der Waals surface area contributed by atoms with Gasteiger partial charge in [-0.1, -0.05) is 37.1 Å². The second kappa shape index (κ2) is 7.83. The van der Waals surface area contributed by atoms with Crippen molar-refractivity contribution in [2.75, 3.05) is 13.2 Å². The van der Waals surface area contributed by atoms with Gasteiger partial charge in [0.1, 0.15) is 17.4 Å². The number of pyridine rings is 1. The molecule has 0 aliphatic carbocycles. The van der Waals surface area contributed by atoms with Crippen molar-refractivity contribution in [1.29, 1.82) is 0 Å². The fourth-order valence-corrected chi connectivity index (χ4v) is 2.36. The molecule has 1 heterocycles. The van der Waals surface area contributed by atoms with Gasteiger partial charge in [0.2, 0.25) is 0 Å². The molecule has 0 radical (unpaired) electrons. The molecule has 128 valence electrons. The molecule has 0 aliphatic heterocycles. The van der Waals surface area contributed by atoms with Crippen LogP contribution in [0.3, 0.4) is 0 Å². The quantitative estimate of drug-likeness (QED) is 0.522. The Morgan fingerprint density at radius 3 is 2.79 bits per heavy atom. The van der Waals surface area contributed by atoms with Crippen molar-refractivity contribution < 1.29 is 24.5 Å². The number of halogens is 1. The van der Waals surface area contributed by atoms with E-state index in [9.17, 15) is 14.7 Å². The van der Waals surface area contributed by atoms with Crippen LogP contribution in [-0.4, -0.2) is 40.2 Å². The topological polar surface area (TPSA) is 109 Å². The lowest BCUT2D eigenvalue weighted by atomic mass is 10.1. The third-order valence-electron chi connectivity index (χ3n) is 3.29. The average molecular weight is 353 g/mol. The predicted octanol–water partition coefficient (Wildman–Crippen LogP) is 2.59. The zero-order valence-electron chi connectivity index (χ0n) is 13.0. The van der Waals surface area contributed by atoms with Crippen LogP contribution >= 0.6 is 11.6 Å². The summed E-state index contributed by atoms with van der Waals surface area (Å²) >= 11 is 6.10. The van der Waals surface area contributed by atoms with Gasteiger partial charge in [0.25, 0.3) is 5.91 Å². The summed E-state index contributed by atoms with van der Waals surface area (Å²) in [6.45, 7) is 1.88. The smallest absolute Gasteiger partial charge is 0.322 e. The van der Waals surface area contributed by atoms with E-state index in [0.29, 0.717) is 17.7 Å². The molecule has 1 aromatic carbocycles. The van der Waals surface area contributed by atoms with Gasteiger partial charge in [-0.25, -0.2) is 4.98 Å². The minimum Gasteiger partial charge on any atom is -0.505 e. The first-order valence-electron chi connectivity index (χ1n) is 7.39. The highest BCUT2D eigenvalue weighted by Crippen LogP contribution is 2.38. The minimum atomic E-state index is -1.21. The molecule has 2 aromatic rings. The van der Waals surface area contributed by atoms with Crippen molar-refractivity contribution in [3.05, 3.63) is 29.0 Å². The van der Waals surface area contributed by atoms with Crippen molar-refractivity contribution in [1.82, 2.24) is 10.3 Å². The fraction of sp³-hybridized carbons (Fsp3) is 0.312. The Balaban J connectivity index is 2.47. The molecule has 0 saturated carbocycles. The zero-order chi connectivity index (χ0) is 17.7. The number of unbranched alkanes of at least 4 members (excludes halogenated alkanes) is 1. The van der Waals surface area contributed by atoms with Crippen molar-refractivity contribution in [3.63, 3.8) is 0 Å². The number of ether oxygens (including phenoxy) is 1. The van der Waals surface area contributed by atoms with E-state index >= 15 is 0 Å². The van der Waals surface area contributed by atoms with Crippen molar-refractivity contribution in [3.8, 4) is 11.5 Å². The number of carboxylic acid groups (broad SMARTS) is 1. The molecule has 0 atom stereocenters. The van der Waals surface area contributed by atoms with Crippen LogP contribution in [0.4, 0.5) is 0 Å². The molecule has 0 bridgehead atoms. The van der Waals surface area contributed by atoms with Crippen LogP contribution in [-0.2, 0) is 4.79 Å². The van der Waals surface area contributed by atoms with E-state index < -0.39 is 24.2 Å². The maximum absolute atomic E-state index is 12.0. The molecule has 0 unspecified atom stereocenters. The number of aromatic hydroxyl groups is 1. The number of rotatable bonds is 7. The monoisotopic (exact) mass is 352 g/mol. The number of aromatic nitrogens is 1. The summed E-state index contributed by atoms with van der Waals surface area (Å²) in [4.78, 5) is 26.5. The SMILES string of the molecule is CCCCOc1cccc2c(Cl)nc(C(=O)NCC(=O)O)c(O)c12. The number of carbonyl (C=O) groups is 2. The Kier molecular flexibility index (Phi) is 5.81. The van der Waals surface area contributed by atoms with Gasteiger partial charge < -0.3 is 20.3 Å². The van der Waals surface area contributed by atoms with Gasteiger partial charge in [-0.2, -0.15) is 0 Å². The first-order valence-corrected chi connectivity index (χ1v) is 7.77. The number of nitrogens with zero attached hydrogens (tertiary/aromatic N) is 1. The van der Waals surface area contributed by atoms with Gasteiger partial charge >= 0.3 is 5.97 Å². The number of nitrogens with one attached hydrogen (secondary N) is 1. The van der Waals surface area contributed by atoms with E-state index in [2.05, 4.69) is 10.3 Å². The van der Waals surface area contributed by atoms with E-state index in [1.165, 1.54) is 0 Å². The standard InChI is InChI=1S/C16H17ClN2O5/c1-2-3-7-24-10-6-4-5-9-12(10)14(22)13(19-15(9)17)16(23)18-8-11(20)21/h4-6,22H,2-3,7-8H2,1H3,(H,18,23)(H,20,21). The lowest BCUT2D eigenvalue weighted by Gasteiger charge is -2.13. The van der Waals surface area contributed by atoms with Crippen LogP contribution in [0.5, 0.6) is 11.5 Å². The molecular formula is C16H17ClN2O5. The number of aliphatic carboxylic acids is 1. The van der Waals surface area contributed by atoms with Gasteiger partial charge in [0, 0.05) is 5.39 Å². The van der Waals surface area contributed by atoms with Gasteiger partial charge in [-0.15, -0.1) is 0 Å². The number of hydrogen-bond donors (Lipinski definition) is 3. The highest BCUT2D eigenvalue weighted by atomic mass is 35.5. The van der Waals surface area contributed by atoms with Crippen molar-refractivity contribution in [2.45, 2.75) is 19.8 Å². The number of benzene rings is 1. The lowest BCUT2D eigenvalue weighted by molar-refractivity contribution is -0.135. The lowest BCUT2D eigenvalue weighted by Crippen LogP contribution is -2.30. The maximum Gasteiger partial charge on any atom is 0.322 e. The van der Waals surface area contributed by atoms with Crippen LogP contribution in [0.25, 0.3) is 10.8 Å². The van der Waals surface area contributed by atoms with Gasteiger partial charge in [0.15, 0.2) is 11.4 Å². The molecule has 0 saturated heterocycles. The summed E-state index contributed by atoms with van der Waals surface area (Å²) in [5.41, 5.74) is -0.347. The molecule has 0 fully saturated rings. The molecule has 8 heteroatoms. The maximum atomic E-state index is 12.0. The molecule has 0 aliphatic rings. The third kappa shape index (κ3) is 3.86. The summed E-state index contributed by atoms with van der Waals surface area (Å²) in [6.07, 6.45) is 1.78. The second-order valence-corrected chi connectivity index (χ2v) is 5.41. The summed E-state index contributed by atoms with van der Waals surface area (Å²) in [5, 5.41) is 21.9. The Bertz CT molecular complexity index is 779.